The molecule has 8 atom stereocenters. The van der Waals surface area contributed by atoms with E-state index in [0.717, 1.165) is 37.1 Å². The molecular formula is C47H60F4N5O8PS. The first-order valence-electron chi connectivity index (χ1n) is 23.0. The maximum Gasteiger partial charge on any atom is 0.412 e. The van der Waals surface area contributed by atoms with E-state index in [4.69, 9.17) is 9.47 Å². The summed E-state index contributed by atoms with van der Waals surface area (Å²) in [5, 5.41) is 5.48. The molecule has 1 aromatic heterocycles. The second-order valence-electron chi connectivity index (χ2n) is 19.4. The highest BCUT2D eigenvalue weighted by atomic mass is 32.1. The van der Waals surface area contributed by atoms with Crippen LogP contribution in [0.25, 0.3) is 10.1 Å². The standard InChI is InChI=1S/C47H60F4N5O8PS/c1-5-19-63-44(60)29(2)53-65(61,64-28-47(49,50)51)40(48)31-11-16-38-32(20-31)21-39(66-38)41(57)52-36-14-12-34(54(4)25-45(3)26-62-27-45)22-35-13-15-37(56(35)42(36)58)43(59)55-24-33(23-46(55)17-18-46)30-9-7-6-8-10-30/h6-11,16,20-21,29,33-37,40H,5,12-15,17-19,22-28H2,1-4H3,(H,52,57)(H,53,61)/t29-,33+,34-,35+,36-,37-,40+,65-/m0/s1. The van der Waals surface area contributed by atoms with Crippen molar-refractivity contribution in [1.82, 2.24) is 25.1 Å². The molecule has 3 aromatic rings. The summed E-state index contributed by atoms with van der Waals surface area (Å²) in [4.78, 5) is 62.7. The minimum Gasteiger partial charge on any atom is -0.465 e. The van der Waals surface area contributed by atoms with Crippen molar-refractivity contribution in [3.8, 4) is 0 Å². The van der Waals surface area contributed by atoms with Crippen LogP contribution in [0.15, 0.2) is 54.6 Å². The number of esters is 1. The molecular weight excluding hydrogens is 902 g/mol. The number of likely N-dealkylation sites (tertiary alicyclic amines) is 1. The van der Waals surface area contributed by atoms with Crippen LogP contribution in [-0.2, 0) is 32.9 Å². The van der Waals surface area contributed by atoms with E-state index >= 15 is 4.39 Å². The molecule has 5 fully saturated rings. The van der Waals surface area contributed by atoms with E-state index in [1.54, 1.807) is 11.8 Å². The first-order valence-corrected chi connectivity index (χ1v) is 25.5. The van der Waals surface area contributed by atoms with Gasteiger partial charge in [0, 0.05) is 46.7 Å². The molecule has 0 unspecified atom stereocenters. The summed E-state index contributed by atoms with van der Waals surface area (Å²) in [7, 11) is -2.98. The third-order valence-electron chi connectivity index (χ3n) is 14.0. The van der Waals surface area contributed by atoms with Gasteiger partial charge in [-0.25, -0.2) is 9.48 Å². The van der Waals surface area contributed by atoms with Crippen LogP contribution in [0.2, 0.25) is 0 Å². The van der Waals surface area contributed by atoms with Crippen molar-refractivity contribution >= 4 is 52.6 Å². The Kier molecular flexibility index (Phi) is 14.1. The number of alkyl halides is 4. The van der Waals surface area contributed by atoms with E-state index in [2.05, 4.69) is 45.9 Å². The third kappa shape index (κ3) is 10.4. The number of thiophene rings is 1. The van der Waals surface area contributed by atoms with E-state index in [1.807, 2.05) is 23.1 Å². The quantitative estimate of drug-likeness (QED) is 0.0821. The van der Waals surface area contributed by atoms with Crippen LogP contribution >= 0.6 is 18.9 Å². The Hall–Kier alpha value is -3.93. The van der Waals surface area contributed by atoms with Crippen molar-refractivity contribution in [3.05, 3.63) is 70.6 Å². The minimum atomic E-state index is -5.06. The summed E-state index contributed by atoms with van der Waals surface area (Å²) < 4.78 is 85.7. The summed E-state index contributed by atoms with van der Waals surface area (Å²) in [6.07, 6.45) is 1.08. The lowest BCUT2D eigenvalue weighted by atomic mass is 9.86. The number of ether oxygens (including phenoxy) is 2. The Bertz CT molecular complexity index is 2330. The molecule has 0 bridgehead atoms. The number of carbonyl (C=O) groups is 4. The van der Waals surface area contributed by atoms with Crippen LogP contribution in [0.1, 0.15) is 111 Å². The van der Waals surface area contributed by atoms with E-state index in [0.29, 0.717) is 68.4 Å². The maximum absolute atomic E-state index is 16.3. The molecule has 2 N–H and O–H groups in total. The van der Waals surface area contributed by atoms with Crippen LogP contribution in [0, 0.1) is 5.41 Å². The Morgan fingerprint density at radius 1 is 1.06 bits per heavy atom. The lowest BCUT2D eigenvalue weighted by molar-refractivity contribution is -0.154. The summed E-state index contributed by atoms with van der Waals surface area (Å²) in [5.41, 5.74) is 0.704. The second kappa shape index (κ2) is 19.2. The van der Waals surface area contributed by atoms with Crippen LogP contribution in [0.4, 0.5) is 17.6 Å². The number of nitrogens with one attached hydrogen (secondary N) is 2. The zero-order valence-electron chi connectivity index (χ0n) is 37.8. The lowest BCUT2D eigenvalue weighted by Crippen LogP contribution is -2.59. The molecule has 4 saturated heterocycles. The molecule has 5 aliphatic rings. The normalized spacial score (nSPS) is 26.6. The van der Waals surface area contributed by atoms with Gasteiger partial charge in [-0.3, -0.25) is 23.7 Å². The molecule has 3 amide bonds. The fraction of sp³-hybridized carbons (Fsp3) is 0.617. The van der Waals surface area contributed by atoms with Crippen LogP contribution < -0.4 is 10.4 Å². The average Bonchev–Trinajstić information content (AvgIpc) is 3.56. The SMILES string of the molecule is CCCOC(=O)[C@H](C)N[P@@](=O)(OCC(F)(F)F)[C@@H](F)c1ccc2sc(C(=O)N[C@H]3CC[C@H](N(C)CC4(C)COC4)C[C@H]4CC[C@@H](C(=O)N5C[C@H](c6ccccc6)CC56CC6)N4C3=O)cc2c1. The second-order valence-corrected chi connectivity index (χ2v) is 22.7. The molecule has 0 radical (unpaired) electrons. The van der Waals surface area contributed by atoms with Crippen molar-refractivity contribution in [2.75, 3.05) is 46.6 Å². The van der Waals surface area contributed by atoms with Crippen LogP contribution in [0.5, 0.6) is 0 Å². The Balaban J connectivity index is 1.02. The topological polar surface area (TPSA) is 147 Å². The third-order valence-corrected chi connectivity index (χ3v) is 17.3. The molecule has 66 heavy (non-hydrogen) atoms. The molecule has 13 nitrogen and oxygen atoms in total. The molecule has 1 aliphatic carbocycles. The zero-order valence-corrected chi connectivity index (χ0v) is 39.5. The highest BCUT2D eigenvalue weighted by molar-refractivity contribution is 7.57. The summed E-state index contributed by atoms with van der Waals surface area (Å²) in [5.74, 6) is -4.25. The Morgan fingerprint density at radius 2 is 1.80 bits per heavy atom. The number of hydrogen-bond donors (Lipinski definition) is 2. The van der Waals surface area contributed by atoms with Crippen molar-refractivity contribution in [3.63, 3.8) is 0 Å². The van der Waals surface area contributed by atoms with Crippen molar-refractivity contribution in [2.45, 2.75) is 132 Å². The molecule has 4 aliphatic heterocycles. The van der Waals surface area contributed by atoms with Crippen molar-refractivity contribution in [2.24, 2.45) is 5.41 Å². The number of halogens is 4. The summed E-state index contributed by atoms with van der Waals surface area (Å²) in [6.45, 7) is 5.78. The van der Waals surface area contributed by atoms with Gasteiger partial charge in [0.15, 0.2) is 6.61 Å². The van der Waals surface area contributed by atoms with Gasteiger partial charge in [0.2, 0.25) is 17.7 Å². The van der Waals surface area contributed by atoms with Crippen molar-refractivity contribution in [1.29, 1.82) is 0 Å². The maximum atomic E-state index is 16.3. The van der Waals surface area contributed by atoms with Gasteiger partial charge >= 0.3 is 19.7 Å². The number of nitrogens with zero attached hydrogens (tertiary/aromatic N) is 3. The first kappa shape index (κ1) is 48.5. The van der Waals surface area contributed by atoms with Gasteiger partial charge in [-0.2, -0.15) is 13.2 Å². The number of fused-ring (bicyclic) bond motifs is 2. The largest absolute Gasteiger partial charge is 0.465 e. The van der Waals surface area contributed by atoms with Gasteiger partial charge in [-0.15, -0.1) is 11.3 Å². The van der Waals surface area contributed by atoms with E-state index in [9.17, 15) is 36.9 Å². The van der Waals surface area contributed by atoms with Gasteiger partial charge in [-0.1, -0.05) is 50.2 Å². The molecule has 8 rings (SSSR count). The van der Waals surface area contributed by atoms with Gasteiger partial charge < -0.3 is 34.0 Å². The fourth-order valence-corrected chi connectivity index (χ4v) is 13.3. The minimum absolute atomic E-state index is 0.000953. The number of rotatable bonds is 16. The smallest absolute Gasteiger partial charge is 0.412 e. The Labute approximate surface area is 386 Å². The van der Waals surface area contributed by atoms with Gasteiger partial charge in [0.05, 0.1) is 24.7 Å². The molecule has 1 saturated carbocycles. The van der Waals surface area contributed by atoms with Crippen molar-refractivity contribution < 1.29 is 55.3 Å². The van der Waals surface area contributed by atoms with Gasteiger partial charge in [0.1, 0.15) is 18.1 Å². The van der Waals surface area contributed by atoms with E-state index in [1.165, 1.54) is 36.8 Å². The fourth-order valence-electron chi connectivity index (χ4n) is 10.4. The molecule has 19 heteroatoms. The number of benzene rings is 2. The van der Waals surface area contributed by atoms with Crippen LogP contribution in [0.3, 0.4) is 0 Å². The number of hydrogen-bond acceptors (Lipinski definition) is 10. The highest BCUT2D eigenvalue weighted by Gasteiger charge is 2.59. The molecule has 360 valence electrons. The number of carbonyl (C=O) groups excluding carboxylic acids is 4. The van der Waals surface area contributed by atoms with E-state index < -0.39 is 56.2 Å². The van der Waals surface area contributed by atoms with Gasteiger partial charge in [0.25, 0.3) is 5.91 Å². The summed E-state index contributed by atoms with van der Waals surface area (Å²) in [6, 6.07) is 12.5. The monoisotopic (exact) mass is 961 g/mol. The molecule has 1 spiro atoms. The molecule has 2 aromatic carbocycles. The molecule has 5 heterocycles. The van der Waals surface area contributed by atoms with E-state index in [-0.39, 0.29) is 57.8 Å². The zero-order chi connectivity index (χ0) is 47.2. The highest BCUT2D eigenvalue weighted by Crippen LogP contribution is 2.59. The summed E-state index contributed by atoms with van der Waals surface area (Å²) >= 11 is 1.07. The lowest BCUT2D eigenvalue weighted by Gasteiger charge is -2.45. The van der Waals surface area contributed by atoms with Crippen LogP contribution in [-0.4, -0.2) is 127 Å². The average molecular weight is 962 g/mol. The Morgan fingerprint density at radius 3 is 2.47 bits per heavy atom. The van der Waals surface area contributed by atoms with Gasteiger partial charge in [-0.05, 0) is 106 Å². The number of amides is 3. The predicted octanol–water partition coefficient (Wildman–Crippen LogP) is 8.10. The first-order chi connectivity index (χ1) is 31.3. The predicted molar refractivity (Wildman–Crippen MR) is 241 cm³/mol.